The Hall–Kier alpha value is -2.05. The van der Waals surface area contributed by atoms with E-state index >= 15 is 0 Å². The molecule has 1 aliphatic heterocycles. The van der Waals surface area contributed by atoms with Gasteiger partial charge in [0.05, 0.1) is 23.2 Å². The highest BCUT2D eigenvalue weighted by Gasteiger charge is 2.30. The molecule has 2 aromatic rings. The van der Waals surface area contributed by atoms with Gasteiger partial charge in [-0.15, -0.1) is 0 Å². The van der Waals surface area contributed by atoms with Gasteiger partial charge in [-0.05, 0) is 36.2 Å². The average Bonchev–Trinajstić information content (AvgIpc) is 2.66. The fraction of sp³-hybridized carbons (Fsp3) is 0.333. The van der Waals surface area contributed by atoms with Crippen molar-refractivity contribution < 1.29 is 14.3 Å². The van der Waals surface area contributed by atoms with Gasteiger partial charge in [-0.2, -0.15) is 0 Å². The molecule has 0 aromatic heterocycles. The van der Waals surface area contributed by atoms with Crippen molar-refractivity contribution in [3.63, 3.8) is 0 Å². The lowest BCUT2D eigenvalue weighted by molar-refractivity contribution is -0.124. The van der Waals surface area contributed by atoms with E-state index in [0.717, 1.165) is 15.8 Å². The predicted molar refractivity (Wildman–Crippen MR) is 113 cm³/mol. The topological polar surface area (TPSA) is 67.4 Å². The van der Waals surface area contributed by atoms with Gasteiger partial charge in [0, 0.05) is 16.5 Å². The van der Waals surface area contributed by atoms with E-state index in [0.29, 0.717) is 23.6 Å². The fourth-order valence-corrected chi connectivity index (χ4v) is 3.78. The minimum absolute atomic E-state index is 0.0896. The zero-order chi connectivity index (χ0) is 20.3. The van der Waals surface area contributed by atoms with Crippen LogP contribution in [0.1, 0.15) is 42.2 Å². The largest absolute Gasteiger partial charge is 0.493 e. The highest BCUT2D eigenvalue weighted by Crippen LogP contribution is 2.34. The van der Waals surface area contributed by atoms with Gasteiger partial charge in [-0.1, -0.05) is 53.5 Å². The summed E-state index contributed by atoms with van der Waals surface area (Å²) in [5.41, 5.74) is 1.27. The van der Waals surface area contributed by atoms with E-state index in [1.54, 1.807) is 24.3 Å². The van der Waals surface area contributed by atoms with Gasteiger partial charge < -0.3 is 15.4 Å². The highest BCUT2D eigenvalue weighted by molar-refractivity contribution is 9.10. The zero-order valence-corrected chi connectivity index (χ0v) is 18.0. The maximum absolute atomic E-state index is 13.0. The first-order chi connectivity index (χ1) is 13.4. The maximum Gasteiger partial charge on any atom is 0.253 e. The van der Waals surface area contributed by atoms with E-state index in [-0.39, 0.29) is 23.8 Å². The Balaban J connectivity index is 1.75. The summed E-state index contributed by atoms with van der Waals surface area (Å²) in [7, 11) is 0. The van der Waals surface area contributed by atoms with Gasteiger partial charge in [0.25, 0.3) is 5.91 Å². The van der Waals surface area contributed by atoms with E-state index in [4.69, 9.17) is 16.3 Å². The van der Waals surface area contributed by atoms with Crippen molar-refractivity contribution in [3.05, 3.63) is 63.1 Å². The maximum atomic E-state index is 13.0. The number of carbonyl (C=O) groups excluding carboxylic acids is 2. The number of halogens is 2. The monoisotopic (exact) mass is 464 g/mol. The molecule has 1 aliphatic rings. The molecule has 0 saturated heterocycles. The lowest BCUT2D eigenvalue weighted by atomic mass is 9.98. The molecular weight excluding hydrogens is 444 g/mol. The van der Waals surface area contributed by atoms with Crippen LogP contribution < -0.4 is 15.4 Å². The molecule has 0 radical (unpaired) electrons. The van der Waals surface area contributed by atoms with Crippen LogP contribution >= 0.6 is 27.5 Å². The van der Waals surface area contributed by atoms with E-state index in [9.17, 15) is 9.59 Å². The Kier molecular flexibility index (Phi) is 6.62. The van der Waals surface area contributed by atoms with Crippen molar-refractivity contribution in [1.82, 2.24) is 10.6 Å². The Bertz CT molecular complexity index is 888. The van der Waals surface area contributed by atoms with Crippen molar-refractivity contribution in [3.8, 4) is 5.75 Å². The second-order valence-corrected chi connectivity index (χ2v) is 8.38. The zero-order valence-electron chi connectivity index (χ0n) is 15.7. The second-order valence-electron chi connectivity index (χ2n) is 7.06. The Labute approximate surface area is 177 Å². The van der Waals surface area contributed by atoms with Gasteiger partial charge in [0.15, 0.2) is 0 Å². The highest BCUT2D eigenvalue weighted by atomic mass is 79.9. The summed E-state index contributed by atoms with van der Waals surface area (Å²) in [6, 6.07) is 11.7. The molecule has 2 N–H and O–H groups in total. The lowest BCUT2D eigenvalue weighted by Crippen LogP contribution is -2.50. The summed E-state index contributed by atoms with van der Waals surface area (Å²) in [5, 5.41) is 6.24. The Morgan fingerprint density at radius 1 is 1.21 bits per heavy atom. The third kappa shape index (κ3) is 4.67. The summed E-state index contributed by atoms with van der Waals surface area (Å²) in [5.74, 6) is 0.0806. The molecule has 3 rings (SSSR count). The van der Waals surface area contributed by atoms with Crippen LogP contribution in [0.4, 0.5) is 0 Å². The fourth-order valence-electron chi connectivity index (χ4n) is 3.18. The molecule has 0 spiro atoms. The second kappa shape index (κ2) is 8.97. The molecule has 2 amide bonds. The van der Waals surface area contributed by atoms with Crippen LogP contribution in [0.5, 0.6) is 5.75 Å². The third-order valence-corrected chi connectivity index (χ3v) is 5.50. The number of nitrogens with one attached hydrogen (secondary N) is 2. The van der Waals surface area contributed by atoms with Crippen LogP contribution in [-0.2, 0) is 4.79 Å². The molecule has 0 bridgehead atoms. The minimum atomic E-state index is -0.678. The van der Waals surface area contributed by atoms with Crippen molar-refractivity contribution in [2.75, 3.05) is 6.61 Å². The molecule has 0 saturated carbocycles. The van der Waals surface area contributed by atoms with Crippen molar-refractivity contribution >= 4 is 39.3 Å². The molecule has 1 heterocycles. The first kappa shape index (κ1) is 20.7. The average molecular weight is 466 g/mol. The number of ether oxygens (including phenoxy) is 1. The van der Waals surface area contributed by atoms with E-state index in [2.05, 4.69) is 26.6 Å². The standard InChI is InChI=1S/C21H22BrClN2O3/c1-12(2)19(25-20(26)14-5-3-4-6-16(14)23)21(27)24-17-9-10-28-18-8-7-13(22)11-15(17)18/h3-8,11-12,17,19H,9-10H2,1-2H3,(H,24,27)(H,25,26). The van der Waals surface area contributed by atoms with Gasteiger partial charge in [0.1, 0.15) is 11.8 Å². The molecule has 148 valence electrons. The molecule has 2 unspecified atom stereocenters. The molecule has 2 aromatic carbocycles. The molecule has 7 heteroatoms. The van der Waals surface area contributed by atoms with Crippen LogP contribution in [0.25, 0.3) is 0 Å². The molecule has 28 heavy (non-hydrogen) atoms. The van der Waals surface area contributed by atoms with E-state index in [1.165, 1.54) is 0 Å². The number of carbonyl (C=O) groups is 2. The van der Waals surface area contributed by atoms with Crippen LogP contribution in [0.2, 0.25) is 5.02 Å². The number of rotatable bonds is 5. The van der Waals surface area contributed by atoms with Crippen molar-refractivity contribution in [1.29, 1.82) is 0 Å². The smallest absolute Gasteiger partial charge is 0.253 e. The molecule has 2 atom stereocenters. The van der Waals surface area contributed by atoms with Crippen LogP contribution in [-0.4, -0.2) is 24.5 Å². The van der Waals surface area contributed by atoms with Crippen molar-refractivity contribution in [2.24, 2.45) is 5.92 Å². The van der Waals surface area contributed by atoms with E-state index < -0.39 is 6.04 Å². The Morgan fingerprint density at radius 3 is 2.68 bits per heavy atom. The SMILES string of the molecule is CC(C)C(NC(=O)c1ccccc1Cl)C(=O)NC1CCOc2ccc(Br)cc21. The minimum Gasteiger partial charge on any atom is -0.493 e. The van der Waals surface area contributed by atoms with Crippen molar-refractivity contribution in [2.45, 2.75) is 32.4 Å². The van der Waals surface area contributed by atoms with Gasteiger partial charge >= 0.3 is 0 Å². The number of fused-ring (bicyclic) bond motifs is 1. The summed E-state index contributed by atoms with van der Waals surface area (Å²) in [6.45, 7) is 4.31. The number of hydrogen-bond acceptors (Lipinski definition) is 3. The lowest BCUT2D eigenvalue weighted by Gasteiger charge is -2.29. The number of benzene rings is 2. The molecule has 5 nitrogen and oxygen atoms in total. The number of amides is 2. The summed E-state index contributed by atoms with van der Waals surface area (Å²) in [6.07, 6.45) is 0.665. The van der Waals surface area contributed by atoms with Crippen LogP contribution in [0.3, 0.4) is 0 Å². The number of hydrogen-bond donors (Lipinski definition) is 2. The first-order valence-corrected chi connectivity index (χ1v) is 10.3. The Morgan fingerprint density at radius 2 is 1.96 bits per heavy atom. The quantitative estimate of drug-likeness (QED) is 0.683. The normalized spacial score (nSPS) is 16.7. The summed E-state index contributed by atoms with van der Waals surface area (Å²) < 4.78 is 6.60. The summed E-state index contributed by atoms with van der Waals surface area (Å²) in [4.78, 5) is 25.6. The van der Waals surface area contributed by atoms with Gasteiger partial charge in [-0.3, -0.25) is 9.59 Å². The van der Waals surface area contributed by atoms with Crippen LogP contribution in [0.15, 0.2) is 46.9 Å². The van der Waals surface area contributed by atoms with Gasteiger partial charge in [0.2, 0.25) is 5.91 Å². The first-order valence-electron chi connectivity index (χ1n) is 9.15. The molecular formula is C21H22BrClN2O3. The molecule has 0 aliphatic carbocycles. The van der Waals surface area contributed by atoms with Crippen LogP contribution in [0, 0.1) is 5.92 Å². The molecule has 0 fully saturated rings. The predicted octanol–water partition coefficient (Wildman–Crippen LogP) is 4.50. The summed E-state index contributed by atoms with van der Waals surface area (Å²) >= 11 is 9.57. The van der Waals surface area contributed by atoms with E-state index in [1.807, 2.05) is 32.0 Å². The third-order valence-electron chi connectivity index (χ3n) is 4.68. The van der Waals surface area contributed by atoms with Gasteiger partial charge in [-0.25, -0.2) is 0 Å².